The minimum Gasteiger partial charge on any atom is -0.481 e. The zero-order chi connectivity index (χ0) is 19.0. The highest BCUT2D eigenvalue weighted by Gasteiger charge is 2.39. The van der Waals surface area contributed by atoms with Crippen LogP contribution in [0.2, 0.25) is 0 Å². The summed E-state index contributed by atoms with van der Waals surface area (Å²) >= 11 is 0. The molecule has 4 amide bonds. The molecule has 1 saturated heterocycles. The van der Waals surface area contributed by atoms with Crippen molar-refractivity contribution in [2.45, 2.75) is 57.0 Å². The number of carbonyl (C=O) groups is 5. The topological polar surface area (TPSA) is 173 Å². The van der Waals surface area contributed by atoms with Gasteiger partial charge >= 0.3 is 5.97 Å². The number of hydrogen-bond donors (Lipinski definition) is 4. The van der Waals surface area contributed by atoms with Gasteiger partial charge in [0, 0.05) is 19.3 Å². The van der Waals surface area contributed by atoms with Crippen molar-refractivity contribution >= 4 is 29.6 Å². The number of carbonyl (C=O) groups excluding carboxylic acids is 4. The summed E-state index contributed by atoms with van der Waals surface area (Å²) in [4.78, 5) is 59.3. The molecule has 0 aromatic rings. The van der Waals surface area contributed by atoms with Gasteiger partial charge in [-0.15, -0.1) is 0 Å². The summed E-state index contributed by atoms with van der Waals surface area (Å²) in [5.74, 6) is -3.74. The third kappa shape index (κ3) is 6.14. The molecular weight excluding hydrogens is 332 g/mol. The van der Waals surface area contributed by atoms with E-state index in [0.29, 0.717) is 19.4 Å². The summed E-state index contributed by atoms with van der Waals surface area (Å²) in [6.45, 7) is 0.428. The SMILES string of the molecule is NCCCC[C@H](NC(=O)[C@H](CCC(=O)O)N1C(=O)CCC1=O)C(N)=O. The maximum Gasteiger partial charge on any atom is 0.303 e. The van der Waals surface area contributed by atoms with E-state index in [-0.39, 0.29) is 25.7 Å². The number of primary amides is 1. The Bertz CT molecular complexity index is 534. The van der Waals surface area contributed by atoms with Crippen molar-refractivity contribution < 1.29 is 29.1 Å². The van der Waals surface area contributed by atoms with Crippen LogP contribution in [0, 0.1) is 0 Å². The predicted octanol–water partition coefficient (Wildman–Crippen LogP) is -1.53. The molecule has 1 aliphatic rings. The van der Waals surface area contributed by atoms with Gasteiger partial charge in [-0.2, -0.15) is 0 Å². The monoisotopic (exact) mass is 356 g/mol. The number of aliphatic carboxylic acids is 1. The number of amides is 4. The summed E-state index contributed by atoms with van der Waals surface area (Å²) in [5.41, 5.74) is 10.7. The molecule has 25 heavy (non-hydrogen) atoms. The Balaban J connectivity index is 2.86. The summed E-state index contributed by atoms with van der Waals surface area (Å²) in [6.07, 6.45) is 0.802. The largest absolute Gasteiger partial charge is 0.481 e. The van der Waals surface area contributed by atoms with Gasteiger partial charge < -0.3 is 21.9 Å². The lowest BCUT2D eigenvalue weighted by molar-refractivity contribution is -0.148. The highest BCUT2D eigenvalue weighted by Crippen LogP contribution is 2.19. The number of carboxylic acids is 1. The lowest BCUT2D eigenvalue weighted by atomic mass is 10.1. The summed E-state index contributed by atoms with van der Waals surface area (Å²) < 4.78 is 0. The predicted molar refractivity (Wildman–Crippen MR) is 85.8 cm³/mol. The molecule has 6 N–H and O–H groups in total. The standard InChI is InChI=1S/C15H24N4O6/c16-8-2-1-3-9(14(17)24)18-15(25)10(4-7-13(22)23)19-11(20)5-6-12(19)21/h9-10H,1-8,16H2,(H2,17,24)(H,18,25)(H,22,23)/t9-,10-/m0/s1. The van der Waals surface area contributed by atoms with Crippen LogP contribution in [0.4, 0.5) is 0 Å². The Morgan fingerprint density at radius 2 is 1.72 bits per heavy atom. The van der Waals surface area contributed by atoms with Crippen LogP contribution in [0.1, 0.15) is 44.9 Å². The first-order valence-electron chi connectivity index (χ1n) is 8.14. The Hall–Kier alpha value is -2.49. The van der Waals surface area contributed by atoms with E-state index in [1.807, 2.05) is 0 Å². The second-order valence-corrected chi connectivity index (χ2v) is 5.85. The first-order chi connectivity index (χ1) is 11.8. The van der Waals surface area contributed by atoms with Gasteiger partial charge in [-0.25, -0.2) is 0 Å². The molecule has 1 heterocycles. The number of unbranched alkanes of at least 4 members (excludes halogenated alkanes) is 1. The lowest BCUT2D eigenvalue weighted by Crippen LogP contribution is -2.54. The van der Waals surface area contributed by atoms with Crippen LogP contribution in [0.25, 0.3) is 0 Å². The molecule has 2 atom stereocenters. The van der Waals surface area contributed by atoms with E-state index in [0.717, 1.165) is 4.90 Å². The number of hydrogen-bond acceptors (Lipinski definition) is 6. The normalized spacial score (nSPS) is 16.6. The van der Waals surface area contributed by atoms with Crippen molar-refractivity contribution in [2.24, 2.45) is 11.5 Å². The molecule has 0 aromatic carbocycles. The van der Waals surface area contributed by atoms with Crippen LogP contribution >= 0.6 is 0 Å². The molecule has 0 bridgehead atoms. The van der Waals surface area contributed by atoms with E-state index in [2.05, 4.69) is 5.32 Å². The van der Waals surface area contributed by atoms with Crippen molar-refractivity contribution in [3.63, 3.8) is 0 Å². The second kappa shape index (κ2) is 9.72. The van der Waals surface area contributed by atoms with E-state index in [4.69, 9.17) is 16.6 Å². The van der Waals surface area contributed by atoms with Crippen LogP contribution in [-0.4, -0.2) is 58.2 Å². The van der Waals surface area contributed by atoms with Gasteiger partial charge in [0.25, 0.3) is 0 Å². The average Bonchev–Trinajstić information content (AvgIpc) is 2.86. The molecule has 0 saturated carbocycles. The van der Waals surface area contributed by atoms with E-state index in [1.165, 1.54) is 0 Å². The van der Waals surface area contributed by atoms with Gasteiger partial charge in [0.05, 0.1) is 0 Å². The van der Waals surface area contributed by atoms with Gasteiger partial charge in [-0.3, -0.25) is 28.9 Å². The van der Waals surface area contributed by atoms with Crippen LogP contribution < -0.4 is 16.8 Å². The molecule has 0 unspecified atom stereocenters. The van der Waals surface area contributed by atoms with E-state index in [1.54, 1.807) is 0 Å². The van der Waals surface area contributed by atoms with Crippen molar-refractivity contribution in [3.8, 4) is 0 Å². The number of nitrogens with two attached hydrogens (primary N) is 2. The molecule has 0 aromatic heterocycles. The van der Waals surface area contributed by atoms with Gasteiger partial charge in [0.15, 0.2) is 0 Å². The van der Waals surface area contributed by atoms with Gasteiger partial charge in [-0.05, 0) is 32.2 Å². The first-order valence-corrected chi connectivity index (χ1v) is 8.14. The van der Waals surface area contributed by atoms with Crippen molar-refractivity contribution in [2.75, 3.05) is 6.54 Å². The number of nitrogens with one attached hydrogen (secondary N) is 1. The number of nitrogens with zero attached hydrogens (tertiary/aromatic N) is 1. The summed E-state index contributed by atoms with van der Waals surface area (Å²) in [7, 11) is 0. The van der Waals surface area contributed by atoms with Crippen LogP contribution in [-0.2, 0) is 24.0 Å². The third-order valence-electron chi connectivity index (χ3n) is 3.94. The minimum absolute atomic E-state index is 0.0224. The average molecular weight is 356 g/mol. The van der Waals surface area contributed by atoms with Gasteiger partial charge in [0.2, 0.25) is 23.6 Å². The molecule has 0 aliphatic carbocycles. The highest BCUT2D eigenvalue weighted by molar-refractivity contribution is 6.06. The zero-order valence-corrected chi connectivity index (χ0v) is 13.9. The molecule has 1 rings (SSSR count). The molecule has 140 valence electrons. The third-order valence-corrected chi connectivity index (χ3v) is 3.94. The number of likely N-dealkylation sites (tertiary alicyclic amines) is 1. The van der Waals surface area contributed by atoms with Crippen molar-refractivity contribution in [1.29, 1.82) is 0 Å². The summed E-state index contributed by atoms with van der Waals surface area (Å²) in [6, 6.07) is -2.24. The Morgan fingerprint density at radius 1 is 1.12 bits per heavy atom. The van der Waals surface area contributed by atoms with Crippen LogP contribution in [0.5, 0.6) is 0 Å². The van der Waals surface area contributed by atoms with Gasteiger partial charge in [0.1, 0.15) is 12.1 Å². The smallest absolute Gasteiger partial charge is 0.303 e. The fraction of sp³-hybridized carbons (Fsp3) is 0.667. The molecule has 0 radical (unpaired) electrons. The quantitative estimate of drug-likeness (QED) is 0.256. The number of imide groups is 1. The number of carboxylic acid groups (broad SMARTS) is 1. The van der Waals surface area contributed by atoms with E-state index >= 15 is 0 Å². The van der Waals surface area contributed by atoms with Gasteiger partial charge in [-0.1, -0.05) is 0 Å². The molecular formula is C15H24N4O6. The van der Waals surface area contributed by atoms with Crippen LogP contribution in [0.3, 0.4) is 0 Å². The number of rotatable bonds is 11. The highest BCUT2D eigenvalue weighted by atomic mass is 16.4. The Labute approximate surface area is 144 Å². The second-order valence-electron chi connectivity index (χ2n) is 5.85. The van der Waals surface area contributed by atoms with E-state index < -0.39 is 48.1 Å². The minimum atomic E-state index is -1.27. The molecule has 1 fully saturated rings. The molecule has 10 nitrogen and oxygen atoms in total. The first kappa shape index (κ1) is 20.6. The maximum atomic E-state index is 12.5. The fourth-order valence-corrected chi connectivity index (χ4v) is 2.63. The zero-order valence-electron chi connectivity index (χ0n) is 13.9. The summed E-state index contributed by atoms with van der Waals surface area (Å²) in [5, 5.41) is 11.2. The molecule has 1 aliphatic heterocycles. The Morgan fingerprint density at radius 3 is 2.20 bits per heavy atom. The van der Waals surface area contributed by atoms with Crippen molar-refractivity contribution in [1.82, 2.24) is 10.2 Å². The van der Waals surface area contributed by atoms with Crippen molar-refractivity contribution in [3.05, 3.63) is 0 Å². The fourth-order valence-electron chi connectivity index (χ4n) is 2.63. The Kier molecular flexibility index (Phi) is 7.99. The molecule has 0 spiro atoms. The maximum absolute atomic E-state index is 12.5. The lowest BCUT2D eigenvalue weighted by Gasteiger charge is -2.26. The van der Waals surface area contributed by atoms with E-state index in [9.17, 15) is 24.0 Å². The molecule has 10 heteroatoms. The van der Waals surface area contributed by atoms with Crippen LogP contribution in [0.15, 0.2) is 0 Å².